The second-order valence-corrected chi connectivity index (χ2v) is 7.66. The molecule has 0 spiro atoms. The zero-order chi connectivity index (χ0) is 20.2. The molecule has 2 heterocycles. The lowest BCUT2D eigenvalue weighted by Gasteiger charge is -2.09. The van der Waals surface area contributed by atoms with Gasteiger partial charge in [0.1, 0.15) is 5.82 Å². The van der Waals surface area contributed by atoms with Crippen molar-refractivity contribution in [2.45, 2.75) is 23.8 Å². The third-order valence-corrected chi connectivity index (χ3v) is 5.23. The van der Waals surface area contributed by atoms with Gasteiger partial charge in [0.2, 0.25) is 18.6 Å². The van der Waals surface area contributed by atoms with Gasteiger partial charge in [-0.25, -0.2) is 4.39 Å². The van der Waals surface area contributed by atoms with Crippen molar-refractivity contribution in [1.29, 1.82) is 0 Å². The Hall–Kier alpha value is -3.07. The number of carbonyl (C=O) groups is 1. The van der Waals surface area contributed by atoms with Gasteiger partial charge >= 0.3 is 0 Å². The first-order valence-electron chi connectivity index (χ1n) is 9.01. The van der Waals surface area contributed by atoms with Gasteiger partial charge in [-0.1, -0.05) is 23.9 Å². The van der Waals surface area contributed by atoms with Crippen molar-refractivity contribution in [3.05, 3.63) is 53.8 Å². The lowest BCUT2D eigenvalue weighted by atomic mass is 10.1. The van der Waals surface area contributed by atoms with Crippen LogP contribution in [-0.4, -0.2) is 34.7 Å². The number of amides is 1. The molecule has 1 aliphatic rings. The molecule has 2 aromatic carbocycles. The third kappa shape index (κ3) is 4.68. The molecule has 1 atom stereocenters. The Kier molecular flexibility index (Phi) is 5.66. The summed E-state index contributed by atoms with van der Waals surface area (Å²) in [7, 11) is 0. The van der Waals surface area contributed by atoms with E-state index < -0.39 is 5.25 Å². The number of aromatic nitrogens is 2. The summed E-state index contributed by atoms with van der Waals surface area (Å²) in [5.41, 5.74) is 1.67. The molecule has 1 amide bonds. The molecule has 0 bridgehead atoms. The Morgan fingerprint density at radius 3 is 2.79 bits per heavy atom. The van der Waals surface area contributed by atoms with E-state index in [1.165, 1.54) is 23.9 Å². The molecule has 1 aliphatic heterocycles. The van der Waals surface area contributed by atoms with Crippen LogP contribution >= 0.6 is 11.8 Å². The number of fused-ring (bicyclic) bond motifs is 1. The van der Waals surface area contributed by atoms with E-state index >= 15 is 0 Å². The summed E-state index contributed by atoms with van der Waals surface area (Å²) in [5, 5.41) is 10.8. The highest BCUT2D eigenvalue weighted by Gasteiger charge is 2.20. The summed E-state index contributed by atoms with van der Waals surface area (Å²) < 4.78 is 29.2. The van der Waals surface area contributed by atoms with Crippen LogP contribution in [0.2, 0.25) is 0 Å². The molecule has 0 fully saturated rings. The van der Waals surface area contributed by atoms with Gasteiger partial charge in [-0.2, -0.15) is 0 Å². The molecule has 4 rings (SSSR count). The average Bonchev–Trinajstić information content (AvgIpc) is 3.38. The normalized spacial score (nSPS) is 13.3. The lowest BCUT2D eigenvalue weighted by molar-refractivity contribution is -0.120. The second-order valence-electron chi connectivity index (χ2n) is 6.37. The van der Waals surface area contributed by atoms with E-state index in [4.69, 9.17) is 13.9 Å². The Bertz CT molecular complexity index is 1010. The third-order valence-electron chi connectivity index (χ3n) is 4.30. The zero-order valence-corrected chi connectivity index (χ0v) is 16.4. The summed E-state index contributed by atoms with van der Waals surface area (Å²) in [4.78, 5) is 12.3. The van der Waals surface area contributed by atoms with Gasteiger partial charge in [0.05, 0.1) is 5.25 Å². The quantitative estimate of drug-likeness (QED) is 0.592. The van der Waals surface area contributed by atoms with Crippen molar-refractivity contribution < 1.29 is 23.1 Å². The summed E-state index contributed by atoms with van der Waals surface area (Å²) >= 11 is 1.18. The highest BCUT2D eigenvalue weighted by atomic mass is 32.2. The molecule has 0 saturated carbocycles. The highest BCUT2D eigenvalue weighted by Crippen LogP contribution is 2.36. The molecule has 0 aliphatic carbocycles. The maximum absolute atomic E-state index is 12.9. The number of nitrogens with one attached hydrogen (secondary N) is 1. The van der Waals surface area contributed by atoms with Crippen LogP contribution in [-0.2, 0) is 11.2 Å². The molecule has 29 heavy (non-hydrogen) atoms. The van der Waals surface area contributed by atoms with Crippen molar-refractivity contribution in [2.24, 2.45) is 0 Å². The van der Waals surface area contributed by atoms with E-state index in [9.17, 15) is 9.18 Å². The van der Waals surface area contributed by atoms with Crippen LogP contribution in [0.3, 0.4) is 0 Å². The van der Waals surface area contributed by atoms with Crippen LogP contribution in [0.1, 0.15) is 12.5 Å². The maximum atomic E-state index is 12.9. The summed E-state index contributed by atoms with van der Waals surface area (Å²) in [5.74, 6) is 1.23. The van der Waals surface area contributed by atoms with Gasteiger partial charge in [-0.3, -0.25) is 4.79 Å². The van der Waals surface area contributed by atoms with E-state index in [0.717, 1.165) is 5.56 Å². The van der Waals surface area contributed by atoms with Crippen molar-refractivity contribution in [3.63, 3.8) is 0 Å². The molecule has 1 N–H and O–H groups in total. The minimum absolute atomic E-state index is 0.139. The maximum Gasteiger partial charge on any atom is 0.277 e. The molecule has 9 heteroatoms. The summed E-state index contributed by atoms with van der Waals surface area (Å²) in [6.45, 7) is 2.42. The van der Waals surface area contributed by atoms with E-state index in [2.05, 4.69) is 15.5 Å². The second kappa shape index (κ2) is 8.52. The molecule has 0 saturated heterocycles. The topological polar surface area (TPSA) is 86.5 Å². The number of hydrogen-bond acceptors (Lipinski definition) is 7. The van der Waals surface area contributed by atoms with Crippen molar-refractivity contribution in [3.8, 4) is 23.0 Å². The minimum Gasteiger partial charge on any atom is -0.454 e. The van der Waals surface area contributed by atoms with Crippen LogP contribution in [0.25, 0.3) is 11.5 Å². The number of carbonyl (C=O) groups excluding carboxylic acids is 1. The lowest BCUT2D eigenvalue weighted by Crippen LogP contribution is -2.32. The van der Waals surface area contributed by atoms with Gasteiger partial charge in [-0.15, -0.1) is 10.2 Å². The van der Waals surface area contributed by atoms with Crippen molar-refractivity contribution in [1.82, 2.24) is 15.5 Å². The van der Waals surface area contributed by atoms with Crippen LogP contribution < -0.4 is 14.8 Å². The standard InChI is InChI=1S/C20H18FN3O4S/c1-12(18(25)22-9-8-13-2-5-15(21)6-3-13)29-20-24-23-19(28-20)14-4-7-16-17(10-14)27-11-26-16/h2-7,10,12H,8-9,11H2,1H3,(H,22,25)/t12-/m1/s1. The highest BCUT2D eigenvalue weighted by molar-refractivity contribution is 8.00. The number of nitrogens with zero attached hydrogens (tertiary/aromatic N) is 2. The van der Waals surface area contributed by atoms with E-state index in [-0.39, 0.29) is 18.5 Å². The first-order valence-corrected chi connectivity index (χ1v) is 9.89. The monoisotopic (exact) mass is 415 g/mol. The van der Waals surface area contributed by atoms with Crippen molar-refractivity contribution in [2.75, 3.05) is 13.3 Å². The molecular formula is C20H18FN3O4S. The Morgan fingerprint density at radius 2 is 1.97 bits per heavy atom. The van der Waals surface area contributed by atoms with Crippen molar-refractivity contribution >= 4 is 17.7 Å². The molecular weight excluding hydrogens is 397 g/mol. The van der Waals surface area contributed by atoms with Crippen LogP contribution in [0.15, 0.2) is 52.1 Å². The van der Waals surface area contributed by atoms with Crippen LogP contribution in [0, 0.1) is 5.82 Å². The molecule has 150 valence electrons. The first kappa shape index (κ1) is 19.3. The first-order chi connectivity index (χ1) is 14.1. The van der Waals surface area contributed by atoms with Gasteiger partial charge < -0.3 is 19.2 Å². The summed E-state index contributed by atoms with van der Waals surface area (Å²) in [6.07, 6.45) is 0.623. The predicted octanol–water partition coefficient (Wildman–Crippen LogP) is 3.44. The van der Waals surface area contributed by atoms with Crippen LogP contribution in [0.4, 0.5) is 4.39 Å². The predicted molar refractivity (Wildman–Crippen MR) is 104 cm³/mol. The summed E-state index contributed by atoms with van der Waals surface area (Å²) in [6, 6.07) is 11.6. The molecule has 0 unspecified atom stereocenters. The van der Waals surface area contributed by atoms with Gasteiger partial charge in [0.25, 0.3) is 5.22 Å². The fourth-order valence-electron chi connectivity index (χ4n) is 2.73. The zero-order valence-electron chi connectivity index (χ0n) is 15.6. The largest absolute Gasteiger partial charge is 0.454 e. The van der Waals surface area contributed by atoms with Gasteiger partial charge in [0, 0.05) is 12.1 Å². The number of benzene rings is 2. The number of hydrogen-bond donors (Lipinski definition) is 1. The minimum atomic E-state index is -0.409. The molecule has 7 nitrogen and oxygen atoms in total. The van der Waals surface area contributed by atoms with Gasteiger partial charge in [0.15, 0.2) is 11.5 Å². The molecule has 1 aromatic heterocycles. The smallest absolute Gasteiger partial charge is 0.277 e. The Balaban J connectivity index is 1.29. The van der Waals surface area contributed by atoms with E-state index in [0.29, 0.717) is 41.1 Å². The van der Waals surface area contributed by atoms with E-state index in [1.54, 1.807) is 37.3 Å². The fourth-order valence-corrected chi connectivity index (χ4v) is 3.44. The Labute approximate surface area is 170 Å². The fraction of sp³-hybridized carbons (Fsp3) is 0.250. The molecule has 0 radical (unpaired) electrons. The van der Waals surface area contributed by atoms with Gasteiger partial charge in [-0.05, 0) is 49.2 Å². The van der Waals surface area contributed by atoms with E-state index in [1.807, 2.05) is 0 Å². The number of halogens is 1. The Morgan fingerprint density at radius 1 is 1.17 bits per heavy atom. The number of rotatable bonds is 7. The number of ether oxygens (including phenoxy) is 2. The average molecular weight is 415 g/mol. The number of thioether (sulfide) groups is 1. The van der Waals surface area contributed by atoms with Crippen LogP contribution in [0.5, 0.6) is 11.5 Å². The SMILES string of the molecule is C[C@@H](Sc1nnc(-c2ccc3c(c2)OCO3)o1)C(=O)NCCc1ccc(F)cc1. The molecule has 3 aromatic rings.